The minimum absolute atomic E-state index is 0.0473. The Morgan fingerprint density at radius 2 is 2.11 bits per heavy atom. The molecule has 2 rings (SSSR count). The van der Waals surface area contributed by atoms with Crippen LogP contribution in [0.4, 0.5) is 0 Å². The van der Waals surface area contributed by atoms with Crippen LogP contribution in [-0.4, -0.2) is 23.2 Å². The third-order valence-corrected chi connectivity index (χ3v) is 4.04. The number of hydrogen-bond donors (Lipinski definition) is 0. The van der Waals surface area contributed by atoms with E-state index < -0.39 is 0 Å². The van der Waals surface area contributed by atoms with Crippen LogP contribution in [0.2, 0.25) is 0 Å². The number of carbonyl (C=O) groups is 1. The number of carbonyl (C=O) groups excluding carboxylic acids is 1. The van der Waals surface area contributed by atoms with Crippen LogP contribution in [0.25, 0.3) is 0 Å². The van der Waals surface area contributed by atoms with Crippen LogP contribution in [-0.2, 0) is 16.0 Å². The standard InChI is InChI=1S/C14H22N2O3/c1-11-15-12(19-16-11)7-6-10-14(13(17)18-2)8-4-3-5-9-14/h3-10H2,1-2H3. The number of hydrogen-bond acceptors (Lipinski definition) is 5. The van der Waals surface area contributed by atoms with Gasteiger partial charge >= 0.3 is 5.97 Å². The first-order valence-electron chi connectivity index (χ1n) is 7.04. The number of aryl methyl sites for hydroxylation is 2. The van der Waals surface area contributed by atoms with Gasteiger partial charge in [-0.25, -0.2) is 0 Å². The molecule has 0 radical (unpaired) electrons. The quantitative estimate of drug-likeness (QED) is 0.767. The van der Waals surface area contributed by atoms with Gasteiger partial charge in [0.25, 0.3) is 0 Å². The van der Waals surface area contributed by atoms with Crippen molar-refractivity contribution < 1.29 is 14.1 Å². The Morgan fingerprint density at radius 1 is 1.37 bits per heavy atom. The summed E-state index contributed by atoms with van der Waals surface area (Å²) >= 11 is 0. The molecular formula is C14H22N2O3. The van der Waals surface area contributed by atoms with Gasteiger partial charge in [-0.1, -0.05) is 24.4 Å². The first-order valence-corrected chi connectivity index (χ1v) is 7.04. The highest BCUT2D eigenvalue weighted by atomic mass is 16.5. The summed E-state index contributed by atoms with van der Waals surface area (Å²) in [6, 6.07) is 0. The Labute approximate surface area is 113 Å². The van der Waals surface area contributed by atoms with Crippen molar-refractivity contribution in [3.63, 3.8) is 0 Å². The van der Waals surface area contributed by atoms with Gasteiger partial charge in [-0.05, 0) is 32.6 Å². The summed E-state index contributed by atoms with van der Waals surface area (Å²) in [6.07, 6.45) is 7.83. The molecule has 0 aliphatic heterocycles. The molecule has 0 amide bonds. The van der Waals surface area contributed by atoms with Gasteiger partial charge < -0.3 is 9.26 Å². The summed E-state index contributed by atoms with van der Waals surface area (Å²) < 4.78 is 10.1. The maximum atomic E-state index is 12.1. The lowest BCUT2D eigenvalue weighted by Crippen LogP contribution is -2.34. The number of aromatic nitrogens is 2. The molecule has 5 heteroatoms. The SMILES string of the molecule is COC(=O)C1(CCCc2nc(C)no2)CCCCC1. The number of ether oxygens (including phenoxy) is 1. The van der Waals surface area contributed by atoms with E-state index in [1.807, 2.05) is 6.92 Å². The second-order valence-corrected chi connectivity index (χ2v) is 5.42. The zero-order valence-electron chi connectivity index (χ0n) is 11.8. The lowest BCUT2D eigenvalue weighted by molar-refractivity contribution is -0.155. The van der Waals surface area contributed by atoms with Crippen LogP contribution in [0, 0.1) is 12.3 Å². The number of esters is 1. The van der Waals surface area contributed by atoms with E-state index in [0.29, 0.717) is 11.7 Å². The van der Waals surface area contributed by atoms with Gasteiger partial charge in [-0.15, -0.1) is 0 Å². The first kappa shape index (κ1) is 14.0. The van der Waals surface area contributed by atoms with Crippen LogP contribution in [0.3, 0.4) is 0 Å². The van der Waals surface area contributed by atoms with Gasteiger partial charge in [-0.2, -0.15) is 4.98 Å². The van der Waals surface area contributed by atoms with E-state index >= 15 is 0 Å². The van der Waals surface area contributed by atoms with E-state index in [9.17, 15) is 4.79 Å². The van der Waals surface area contributed by atoms with Crippen LogP contribution < -0.4 is 0 Å². The minimum Gasteiger partial charge on any atom is -0.469 e. The van der Waals surface area contributed by atoms with Gasteiger partial charge in [0.1, 0.15) is 0 Å². The van der Waals surface area contributed by atoms with Crippen molar-refractivity contribution in [2.75, 3.05) is 7.11 Å². The average molecular weight is 266 g/mol. The molecule has 0 bridgehead atoms. The molecule has 1 heterocycles. The lowest BCUT2D eigenvalue weighted by atomic mass is 9.71. The lowest BCUT2D eigenvalue weighted by Gasteiger charge is -2.34. The Kier molecular flexibility index (Phi) is 4.56. The van der Waals surface area contributed by atoms with Crippen molar-refractivity contribution in [1.29, 1.82) is 0 Å². The Hall–Kier alpha value is -1.39. The largest absolute Gasteiger partial charge is 0.469 e. The molecule has 1 fully saturated rings. The second-order valence-electron chi connectivity index (χ2n) is 5.42. The smallest absolute Gasteiger partial charge is 0.311 e. The highest BCUT2D eigenvalue weighted by Gasteiger charge is 2.39. The van der Waals surface area contributed by atoms with E-state index in [1.54, 1.807) is 0 Å². The molecule has 5 nitrogen and oxygen atoms in total. The third-order valence-electron chi connectivity index (χ3n) is 4.04. The summed E-state index contributed by atoms with van der Waals surface area (Å²) in [6.45, 7) is 1.81. The molecule has 0 unspecified atom stereocenters. The molecule has 0 atom stereocenters. The highest BCUT2D eigenvalue weighted by Crippen LogP contribution is 2.41. The normalized spacial score (nSPS) is 18.2. The summed E-state index contributed by atoms with van der Waals surface area (Å²) in [7, 11) is 1.49. The van der Waals surface area contributed by atoms with E-state index in [0.717, 1.165) is 44.9 Å². The van der Waals surface area contributed by atoms with Crippen LogP contribution in [0.1, 0.15) is 56.7 Å². The fourth-order valence-electron chi connectivity index (χ4n) is 3.02. The summed E-state index contributed by atoms with van der Waals surface area (Å²) in [5, 5.41) is 3.77. The third kappa shape index (κ3) is 3.33. The molecule has 0 N–H and O–H groups in total. The van der Waals surface area contributed by atoms with Crippen LogP contribution in [0.15, 0.2) is 4.52 Å². The fraction of sp³-hybridized carbons (Fsp3) is 0.786. The number of methoxy groups -OCH3 is 1. The Bertz CT molecular complexity index is 422. The fourth-order valence-corrected chi connectivity index (χ4v) is 3.02. The summed E-state index contributed by atoms with van der Waals surface area (Å²) in [5.74, 6) is 1.28. The van der Waals surface area contributed by atoms with Crippen molar-refractivity contribution in [1.82, 2.24) is 10.1 Å². The van der Waals surface area contributed by atoms with Gasteiger partial charge in [0.15, 0.2) is 5.82 Å². The monoisotopic (exact) mass is 266 g/mol. The van der Waals surface area contributed by atoms with Crippen LogP contribution >= 0.6 is 0 Å². The maximum Gasteiger partial charge on any atom is 0.311 e. The zero-order valence-corrected chi connectivity index (χ0v) is 11.8. The molecule has 19 heavy (non-hydrogen) atoms. The molecule has 0 spiro atoms. The zero-order chi connectivity index (χ0) is 13.7. The first-order chi connectivity index (χ1) is 9.16. The topological polar surface area (TPSA) is 65.2 Å². The molecular weight excluding hydrogens is 244 g/mol. The van der Waals surface area contributed by atoms with E-state index in [4.69, 9.17) is 9.26 Å². The molecule has 0 saturated heterocycles. The molecule has 1 aliphatic carbocycles. The summed E-state index contributed by atoms with van der Waals surface area (Å²) in [4.78, 5) is 16.2. The maximum absolute atomic E-state index is 12.1. The number of rotatable bonds is 5. The van der Waals surface area contributed by atoms with Crippen molar-refractivity contribution in [3.05, 3.63) is 11.7 Å². The predicted molar refractivity (Wildman–Crippen MR) is 69.5 cm³/mol. The molecule has 1 aromatic rings. The van der Waals surface area contributed by atoms with Gasteiger partial charge in [-0.3, -0.25) is 4.79 Å². The van der Waals surface area contributed by atoms with Gasteiger partial charge in [0.2, 0.25) is 5.89 Å². The molecule has 1 aliphatic rings. The van der Waals surface area contributed by atoms with Crippen molar-refractivity contribution >= 4 is 5.97 Å². The van der Waals surface area contributed by atoms with Gasteiger partial charge in [0.05, 0.1) is 12.5 Å². The molecule has 0 aromatic carbocycles. The van der Waals surface area contributed by atoms with Crippen molar-refractivity contribution in [3.8, 4) is 0 Å². The molecule has 1 aromatic heterocycles. The summed E-state index contributed by atoms with van der Waals surface area (Å²) in [5.41, 5.74) is -0.276. The average Bonchev–Trinajstić information content (AvgIpc) is 2.84. The molecule has 1 saturated carbocycles. The second kappa shape index (κ2) is 6.17. The van der Waals surface area contributed by atoms with Crippen LogP contribution in [0.5, 0.6) is 0 Å². The minimum atomic E-state index is -0.276. The van der Waals surface area contributed by atoms with E-state index in [-0.39, 0.29) is 11.4 Å². The predicted octanol–water partition coefficient (Wildman–Crippen LogP) is 2.82. The highest BCUT2D eigenvalue weighted by molar-refractivity contribution is 5.76. The Morgan fingerprint density at radius 3 is 2.68 bits per heavy atom. The number of nitrogens with zero attached hydrogens (tertiary/aromatic N) is 2. The van der Waals surface area contributed by atoms with Gasteiger partial charge in [0, 0.05) is 6.42 Å². The molecule has 106 valence electrons. The van der Waals surface area contributed by atoms with Crippen molar-refractivity contribution in [2.24, 2.45) is 5.41 Å². The van der Waals surface area contributed by atoms with Crippen molar-refractivity contribution in [2.45, 2.75) is 58.3 Å². The Balaban J connectivity index is 1.91. The van der Waals surface area contributed by atoms with E-state index in [1.165, 1.54) is 13.5 Å². The van der Waals surface area contributed by atoms with E-state index in [2.05, 4.69) is 10.1 Å².